The molecule has 0 radical (unpaired) electrons. The van der Waals surface area contributed by atoms with Crippen LogP contribution in [0.5, 0.6) is 5.75 Å². The molecule has 4 nitrogen and oxygen atoms in total. The van der Waals surface area contributed by atoms with Crippen LogP contribution in [0, 0.1) is 0 Å². The largest absolute Gasteiger partial charge is 0.488 e. The third-order valence-electron chi connectivity index (χ3n) is 4.42. The summed E-state index contributed by atoms with van der Waals surface area (Å²) in [6.45, 7) is 1.44. The molecule has 3 rings (SSSR count). The molecule has 2 N–H and O–H groups in total. The zero-order chi connectivity index (χ0) is 20.6. The van der Waals surface area contributed by atoms with Crippen molar-refractivity contribution in [1.29, 1.82) is 0 Å². The lowest BCUT2D eigenvalue weighted by Gasteiger charge is -2.24. The zero-order valence-electron chi connectivity index (χ0n) is 15.9. The molecule has 0 bridgehead atoms. The van der Waals surface area contributed by atoms with Crippen LogP contribution in [0.1, 0.15) is 21.5 Å². The summed E-state index contributed by atoms with van der Waals surface area (Å²) in [7, 11) is 0. The number of nitrogens with two attached hydrogens (primary N) is 1. The topological polar surface area (TPSA) is 55.6 Å². The maximum absolute atomic E-state index is 13.3. The molecule has 0 atom stereocenters. The van der Waals surface area contributed by atoms with Gasteiger partial charge in [0.15, 0.2) is 0 Å². The normalized spacial score (nSPS) is 10.6. The summed E-state index contributed by atoms with van der Waals surface area (Å²) in [6.07, 6.45) is 0. The molecule has 1 amide bonds. The minimum atomic E-state index is -0.162. The van der Waals surface area contributed by atoms with Gasteiger partial charge in [-0.15, -0.1) is 0 Å². The highest BCUT2D eigenvalue weighted by Gasteiger charge is 2.20. The molecular formula is C23H22Cl2N2O2. The Kier molecular flexibility index (Phi) is 7.53. The minimum absolute atomic E-state index is 0.162. The fourth-order valence-corrected chi connectivity index (χ4v) is 3.41. The molecular weight excluding hydrogens is 407 g/mol. The standard InChI is InChI=1S/C23H22Cl2N2O2/c24-19-11-10-18(21(25)14-19)15-27(13-12-26)23(28)20-8-4-5-9-22(20)29-16-17-6-2-1-3-7-17/h1-11,14H,12-13,15-16,26H2. The van der Waals surface area contributed by atoms with E-state index >= 15 is 0 Å². The fourth-order valence-electron chi connectivity index (χ4n) is 2.94. The second kappa shape index (κ2) is 10.3. The van der Waals surface area contributed by atoms with Gasteiger partial charge in [0, 0.05) is 29.7 Å². The molecule has 0 aliphatic rings. The summed E-state index contributed by atoms with van der Waals surface area (Å²) in [5.74, 6) is 0.371. The minimum Gasteiger partial charge on any atom is -0.488 e. The maximum Gasteiger partial charge on any atom is 0.257 e. The van der Waals surface area contributed by atoms with Crippen molar-refractivity contribution >= 4 is 29.1 Å². The first-order valence-electron chi connectivity index (χ1n) is 9.27. The van der Waals surface area contributed by atoms with Gasteiger partial charge in [-0.2, -0.15) is 0 Å². The molecule has 0 heterocycles. The highest BCUT2D eigenvalue weighted by atomic mass is 35.5. The predicted molar refractivity (Wildman–Crippen MR) is 117 cm³/mol. The van der Waals surface area contributed by atoms with Crippen LogP contribution in [0.2, 0.25) is 10.0 Å². The number of para-hydroxylation sites is 1. The number of carbonyl (C=O) groups excluding carboxylic acids is 1. The smallest absolute Gasteiger partial charge is 0.257 e. The van der Waals surface area contributed by atoms with Crippen LogP contribution in [0.3, 0.4) is 0 Å². The van der Waals surface area contributed by atoms with Crippen LogP contribution in [-0.2, 0) is 13.2 Å². The van der Waals surface area contributed by atoms with E-state index in [1.54, 1.807) is 29.2 Å². The summed E-state index contributed by atoms with van der Waals surface area (Å²) >= 11 is 12.3. The van der Waals surface area contributed by atoms with E-state index < -0.39 is 0 Å². The highest BCUT2D eigenvalue weighted by Crippen LogP contribution is 2.25. The summed E-state index contributed by atoms with van der Waals surface area (Å²) in [4.78, 5) is 14.9. The Balaban J connectivity index is 1.80. The predicted octanol–water partition coefficient (Wildman–Crippen LogP) is 5.17. The van der Waals surface area contributed by atoms with Gasteiger partial charge in [-0.3, -0.25) is 4.79 Å². The molecule has 29 heavy (non-hydrogen) atoms. The van der Waals surface area contributed by atoms with Crippen molar-refractivity contribution in [2.24, 2.45) is 5.73 Å². The molecule has 6 heteroatoms. The number of amides is 1. The molecule has 0 aromatic heterocycles. The molecule has 0 fully saturated rings. The van der Waals surface area contributed by atoms with Gasteiger partial charge in [0.05, 0.1) is 5.56 Å². The quantitative estimate of drug-likeness (QED) is 0.537. The molecule has 150 valence electrons. The molecule has 0 spiro atoms. The molecule has 0 saturated heterocycles. The SMILES string of the molecule is NCCN(Cc1ccc(Cl)cc1Cl)C(=O)c1ccccc1OCc1ccccc1. The van der Waals surface area contributed by atoms with Crippen LogP contribution in [-0.4, -0.2) is 23.9 Å². The van der Waals surface area contributed by atoms with E-state index in [2.05, 4.69) is 0 Å². The summed E-state index contributed by atoms with van der Waals surface area (Å²) in [6, 6.07) is 22.3. The van der Waals surface area contributed by atoms with Gasteiger partial charge in [0.1, 0.15) is 12.4 Å². The first kappa shape index (κ1) is 21.2. The number of ether oxygens (including phenoxy) is 1. The average molecular weight is 429 g/mol. The number of carbonyl (C=O) groups is 1. The zero-order valence-corrected chi connectivity index (χ0v) is 17.4. The van der Waals surface area contributed by atoms with Crippen molar-refractivity contribution in [3.63, 3.8) is 0 Å². The van der Waals surface area contributed by atoms with Crippen molar-refractivity contribution < 1.29 is 9.53 Å². The lowest BCUT2D eigenvalue weighted by atomic mass is 10.1. The Morgan fingerprint density at radius 3 is 2.41 bits per heavy atom. The van der Waals surface area contributed by atoms with Crippen molar-refractivity contribution in [3.8, 4) is 5.75 Å². The Hall–Kier alpha value is -2.53. The molecule has 0 aliphatic carbocycles. The third kappa shape index (κ3) is 5.73. The van der Waals surface area contributed by atoms with E-state index in [1.165, 1.54) is 0 Å². The Morgan fingerprint density at radius 2 is 1.69 bits per heavy atom. The lowest BCUT2D eigenvalue weighted by molar-refractivity contribution is 0.0743. The van der Waals surface area contributed by atoms with Gasteiger partial charge in [0.25, 0.3) is 5.91 Å². The van der Waals surface area contributed by atoms with E-state index in [0.29, 0.717) is 47.6 Å². The molecule has 0 aliphatic heterocycles. The molecule has 0 saturated carbocycles. The number of nitrogens with zero attached hydrogens (tertiary/aromatic N) is 1. The Labute approximate surface area is 180 Å². The number of rotatable bonds is 8. The maximum atomic E-state index is 13.3. The molecule has 0 unspecified atom stereocenters. The number of hydrogen-bond acceptors (Lipinski definition) is 3. The summed E-state index contributed by atoms with van der Waals surface area (Å²) in [5, 5.41) is 1.07. The van der Waals surface area contributed by atoms with Gasteiger partial charge in [-0.05, 0) is 35.4 Å². The van der Waals surface area contributed by atoms with Crippen LogP contribution in [0.4, 0.5) is 0 Å². The van der Waals surface area contributed by atoms with Gasteiger partial charge >= 0.3 is 0 Å². The molecule has 3 aromatic carbocycles. The van der Waals surface area contributed by atoms with Crippen molar-refractivity contribution in [3.05, 3.63) is 99.5 Å². The van der Waals surface area contributed by atoms with Crippen LogP contribution in [0.25, 0.3) is 0 Å². The van der Waals surface area contributed by atoms with Gasteiger partial charge in [-0.1, -0.05) is 71.7 Å². The second-order valence-corrected chi connectivity index (χ2v) is 7.37. The summed E-state index contributed by atoms with van der Waals surface area (Å²) in [5.41, 5.74) is 8.08. The molecule has 3 aromatic rings. The first-order valence-corrected chi connectivity index (χ1v) is 10.0. The number of benzene rings is 3. The van der Waals surface area contributed by atoms with Crippen LogP contribution >= 0.6 is 23.2 Å². The van der Waals surface area contributed by atoms with E-state index in [4.69, 9.17) is 33.7 Å². The fraction of sp³-hybridized carbons (Fsp3) is 0.174. The Morgan fingerprint density at radius 1 is 0.966 bits per heavy atom. The monoisotopic (exact) mass is 428 g/mol. The van der Waals surface area contributed by atoms with Crippen LogP contribution < -0.4 is 10.5 Å². The number of halogens is 2. The van der Waals surface area contributed by atoms with Gasteiger partial charge in [-0.25, -0.2) is 0 Å². The van der Waals surface area contributed by atoms with Crippen molar-refractivity contribution in [2.75, 3.05) is 13.1 Å². The third-order valence-corrected chi connectivity index (χ3v) is 5.00. The second-order valence-electron chi connectivity index (χ2n) is 6.52. The Bertz CT molecular complexity index is 964. The van der Waals surface area contributed by atoms with Crippen LogP contribution in [0.15, 0.2) is 72.8 Å². The lowest BCUT2D eigenvalue weighted by Crippen LogP contribution is -2.35. The van der Waals surface area contributed by atoms with Gasteiger partial charge < -0.3 is 15.4 Å². The van der Waals surface area contributed by atoms with E-state index in [0.717, 1.165) is 11.1 Å². The average Bonchev–Trinajstić information content (AvgIpc) is 2.74. The summed E-state index contributed by atoms with van der Waals surface area (Å²) < 4.78 is 5.94. The van der Waals surface area contributed by atoms with E-state index in [1.807, 2.05) is 48.5 Å². The first-order chi connectivity index (χ1) is 14.1. The van der Waals surface area contributed by atoms with E-state index in [9.17, 15) is 4.79 Å². The van der Waals surface area contributed by atoms with Gasteiger partial charge in [0.2, 0.25) is 0 Å². The van der Waals surface area contributed by atoms with E-state index in [-0.39, 0.29) is 5.91 Å². The van der Waals surface area contributed by atoms with Crippen molar-refractivity contribution in [2.45, 2.75) is 13.2 Å². The highest BCUT2D eigenvalue weighted by molar-refractivity contribution is 6.35. The van der Waals surface area contributed by atoms with Crippen molar-refractivity contribution in [1.82, 2.24) is 4.90 Å². The number of hydrogen-bond donors (Lipinski definition) is 1.